The SMILES string of the molecule is O=C(c1c(Cl)cccc1Cl)N1CCC(CBr)CC1. The van der Waals surface area contributed by atoms with Crippen molar-refractivity contribution in [1.29, 1.82) is 0 Å². The quantitative estimate of drug-likeness (QED) is 0.730. The number of hydrogen-bond acceptors (Lipinski definition) is 1. The van der Waals surface area contributed by atoms with E-state index in [9.17, 15) is 4.79 Å². The molecule has 0 saturated carbocycles. The molecule has 0 unspecified atom stereocenters. The molecular formula is C13H14BrCl2NO. The van der Waals surface area contributed by atoms with Crippen LogP contribution in [0.4, 0.5) is 0 Å². The molecule has 0 atom stereocenters. The number of rotatable bonds is 2. The fourth-order valence-electron chi connectivity index (χ4n) is 2.15. The minimum absolute atomic E-state index is 0.0568. The number of piperidine rings is 1. The molecule has 2 nitrogen and oxygen atoms in total. The van der Waals surface area contributed by atoms with E-state index in [0.717, 1.165) is 31.3 Å². The predicted octanol–water partition coefficient (Wildman–Crippen LogP) is 4.24. The van der Waals surface area contributed by atoms with Gasteiger partial charge in [0.1, 0.15) is 0 Å². The maximum atomic E-state index is 12.4. The van der Waals surface area contributed by atoms with E-state index in [0.29, 0.717) is 21.5 Å². The second-order valence-corrected chi connectivity index (χ2v) is 5.95. The first-order valence-electron chi connectivity index (χ1n) is 5.92. The number of carbonyl (C=O) groups is 1. The Morgan fingerprint density at radius 1 is 1.28 bits per heavy atom. The first kappa shape index (κ1) is 14.2. The molecule has 0 aromatic heterocycles. The summed E-state index contributed by atoms with van der Waals surface area (Å²) in [5, 5.41) is 1.85. The fraction of sp³-hybridized carbons (Fsp3) is 0.462. The van der Waals surface area contributed by atoms with Crippen LogP contribution in [0.15, 0.2) is 18.2 Å². The van der Waals surface area contributed by atoms with Gasteiger partial charge in [-0.25, -0.2) is 0 Å². The second-order valence-electron chi connectivity index (χ2n) is 4.49. The molecule has 1 aliphatic heterocycles. The zero-order valence-electron chi connectivity index (χ0n) is 9.83. The van der Waals surface area contributed by atoms with Crippen molar-refractivity contribution >= 4 is 45.0 Å². The van der Waals surface area contributed by atoms with Crippen LogP contribution in [0.25, 0.3) is 0 Å². The van der Waals surface area contributed by atoms with Crippen LogP contribution in [0.2, 0.25) is 10.0 Å². The third-order valence-electron chi connectivity index (χ3n) is 3.30. The lowest BCUT2D eigenvalue weighted by Crippen LogP contribution is -2.39. The highest BCUT2D eigenvalue weighted by molar-refractivity contribution is 9.09. The number of carbonyl (C=O) groups excluding carboxylic acids is 1. The number of halogens is 3. The third kappa shape index (κ3) is 3.01. The Bertz CT molecular complexity index is 424. The van der Waals surface area contributed by atoms with E-state index in [1.165, 1.54) is 0 Å². The van der Waals surface area contributed by atoms with Gasteiger partial charge in [-0.3, -0.25) is 4.79 Å². The summed E-state index contributed by atoms with van der Waals surface area (Å²) < 4.78 is 0. The lowest BCUT2D eigenvalue weighted by Gasteiger charge is -2.31. The Hall–Kier alpha value is -0.250. The first-order valence-corrected chi connectivity index (χ1v) is 7.80. The number of hydrogen-bond donors (Lipinski definition) is 0. The standard InChI is InChI=1S/C13H14BrCl2NO/c14-8-9-4-6-17(7-5-9)13(18)12-10(15)2-1-3-11(12)16/h1-3,9H,4-8H2. The summed E-state index contributed by atoms with van der Waals surface area (Å²) in [6.45, 7) is 1.55. The Kier molecular flexibility index (Phi) is 4.93. The summed E-state index contributed by atoms with van der Waals surface area (Å²) in [7, 11) is 0. The van der Waals surface area contributed by atoms with Gasteiger partial charge in [0.2, 0.25) is 0 Å². The van der Waals surface area contributed by atoms with Crippen LogP contribution in [0.3, 0.4) is 0 Å². The molecule has 0 radical (unpaired) electrons. The summed E-state index contributed by atoms with van der Waals surface area (Å²) in [5.41, 5.74) is 0.429. The van der Waals surface area contributed by atoms with Crippen LogP contribution >= 0.6 is 39.1 Å². The fourth-order valence-corrected chi connectivity index (χ4v) is 3.36. The van der Waals surface area contributed by atoms with E-state index in [-0.39, 0.29) is 5.91 Å². The number of nitrogens with zero attached hydrogens (tertiary/aromatic N) is 1. The van der Waals surface area contributed by atoms with Crippen LogP contribution in [0.1, 0.15) is 23.2 Å². The van der Waals surface area contributed by atoms with Gasteiger partial charge in [-0.2, -0.15) is 0 Å². The van der Waals surface area contributed by atoms with Gasteiger partial charge in [0.05, 0.1) is 15.6 Å². The average molecular weight is 351 g/mol. The van der Waals surface area contributed by atoms with Crippen LogP contribution in [0.5, 0.6) is 0 Å². The summed E-state index contributed by atoms with van der Waals surface area (Å²) >= 11 is 15.6. The normalized spacial score (nSPS) is 16.9. The van der Waals surface area contributed by atoms with Gasteiger partial charge in [0.25, 0.3) is 5.91 Å². The largest absolute Gasteiger partial charge is 0.339 e. The number of amides is 1. The van der Waals surface area contributed by atoms with E-state index < -0.39 is 0 Å². The molecule has 1 saturated heterocycles. The van der Waals surface area contributed by atoms with Crippen LogP contribution in [-0.2, 0) is 0 Å². The van der Waals surface area contributed by atoms with Crippen molar-refractivity contribution in [2.24, 2.45) is 5.92 Å². The molecule has 2 rings (SSSR count). The molecule has 1 heterocycles. The number of alkyl halides is 1. The predicted molar refractivity (Wildman–Crippen MR) is 78.9 cm³/mol. The van der Waals surface area contributed by atoms with Gasteiger partial charge in [-0.1, -0.05) is 45.2 Å². The van der Waals surface area contributed by atoms with Gasteiger partial charge in [0.15, 0.2) is 0 Å². The van der Waals surface area contributed by atoms with Crippen molar-refractivity contribution in [2.75, 3.05) is 18.4 Å². The number of benzene rings is 1. The van der Waals surface area contributed by atoms with E-state index >= 15 is 0 Å². The van der Waals surface area contributed by atoms with E-state index in [1.807, 2.05) is 4.90 Å². The Morgan fingerprint density at radius 3 is 2.33 bits per heavy atom. The van der Waals surface area contributed by atoms with Crippen molar-refractivity contribution in [2.45, 2.75) is 12.8 Å². The van der Waals surface area contributed by atoms with Gasteiger partial charge < -0.3 is 4.90 Å². The molecule has 1 fully saturated rings. The van der Waals surface area contributed by atoms with Crippen LogP contribution < -0.4 is 0 Å². The third-order valence-corrected chi connectivity index (χ3v) is 4.84. The summed E-state index contributed by atoms with van der Waals surface area (Å²) in [6, 6.07) is 5.15. The Labute approximate surface area is 125 Å². The molecule has 1 aromatic carbocycles. The van der Waals surface area contributed by atoms with Gasteiger partial charge >= 0.3 is 0 Å². The van der Waals surface area contributed by atoms with Crippen molar-refractivity contribution in [3.8, 4) is 0 Å². The lowest BCUT2D eigenvalue weighted by atomic mass is 9.98. The zero-order valence-corrected chi connectivity index (χ0v) is 12.9. The molecule has 0 bridgehead atoms. The van der Waals surface area contributed by atoms with Gasteiger partial charge in [0, 0.05) is 18.4 Å². The summed E-state index contributed by atoms with van der Waals surface area (Å²) in [4.78, 5) is 14.2. The molecule has 0 aliphatic carbocycles. The van der Waals surface area contributed by atoms with Gasteiger partial charge in [-0.15, -0.1) is 0 Å². The lowest BCUT2D eigenvalue weighted by molar-refractivity contribution is 0.0699. The maximum absolute atomic E-state index is 12.4. The van der Waals surface area contributed by atoms with Gasteiger partial charge in [-0.05, 0) is 30.9 Å². The second kappa shape index (κ2) is 6.27. The van der Waals surface area contributed by atoms with Crippen molar-refractivity contribution in [1.82, 2.24) is 4.90 Å². The van der Waals surface area contributed by atoms with Crippen molar-refractivity contribution in [3.63, 3.8) is 0 Å². The highest BCUT2D eigenvalue weighted by atomic mass is 79.9. The minimum Gasteiger partial charge on any atom is -0.339 e. The molecule has 0 N–H and O–H groups in total. The molecule has 1 aliphatic rings. The van der Waals surface area contributed by atoms with E-state index in [2.05, 4.69) is 15.9 Å². The highest BCUT2D eigenvalue weighted by Gasteiger charge is 2.25. The minimum atomic E-state index is -0.0568. The molecule has 0 spiro atoms. The molecule has 98 valence electrons. The topological polar surface area (TPSA) is 20.3 Å². The van der Waals surface area contributed by atoms with Crippen molar-refractivity contribution < 1.29 is 4.79 Å². The first-order chi connectivity index (χ1) is 8.63. The Balaban J connectivity index is 2.13. The molecule has 1 aromatic rings. The summed E-state index contributed by atoms with van der Waals surface area (Å²) in [6.07, 6.45) is 2.05. The molecule has 5 heteroatoms. The smallest absolute Gasteiger partial charge is 0.256 e. The maximum Gasteiger partial charge on any atom is 0.256 e. The highest BCUT2D eigenvalue weighted by Crippen LogP contribution is 2.28. The molecule has 1 amide bonds. The van der Waals surface area contributed by atoms with E-state index in [1.54, 1.807) is 18.2 Å². The van der Waals surface area contributed by atoms with Crippen LogP contribution in [0, 0.1) is 5.92 Å². The average Bonchev–Trinajstić information content (AvgIpc) is 2.38. The zero-order chi connectivity index (χ0) is 13.1. The Morgan fingerprint density at radius 2 is 1.83 bits per heavy atom. The summed E-state index contributed by atoms with van der Waals surface area (Å²) in [5.74, 6) is 0.606. The van der Waals surface area contributed by atoms with Crippen LogP contribution in [-0.4, -0.2) is 29.2 Å². The number of likely N-dealkylation sites (tertiary alicyclic amines) is 1. The molecule has 18 heavy (non-hydrogen) atoms. The van der Waals surface area contributed by atoms with Crippen molar-refractivity contribution in [3.05, 3.63) is 33.8 Å². The monoisotopic (exact) mass is 349 g/mol. The molecular weight excluding hydrogens is 337 g/mol. The van der Waals surface area contributed by atoms with E-state index in [4.69, 9.17) is 23.2 Å².